The van der Waals surface area contributed by atoms with Crippen molar-refractivity contribution in [1.82, 2.24) is 5.32 Å². The molecule has 0 rings (SSSR count). The fraction of sp³-hybridized carbons (Fsp3) is 0.944. The minimum absolute atomic E-state index is 0.124. The van der Waals surface area contributed by atoms with E-state index in [-0.39, 0.29) is 12.0 Å². The van der Waals surface area contributed by atoms with Gasteiger partial charge in [0, 0.05) is 0 Å². The fourth-order valence-electron chi connectivity index (χ4n) is 2.57. The normalized spacial score (nSPS) is 12.3. The summed E-state index contributed by atoms with van der Waals surface area (Å²) < 4.78 is 4.85. The molecule has 0 aliphatic carbocycles. The number of carbonyl (C=O) groups excluding carboxylic acids is 1. The monoisotopic (exact) mass is 331 g/mol. The maximum Gasteiger partial charge on any atom is 0.322 e. The van der Waals surface area contributed by atoms with Crippen LogP contribution in [0.1, 0.15) is 77.6 Å². The number of hydrogen-bond acceptors (Lipinski definition) is 4. The van der Waals surface area contributed by atoms with Gasteiger partial charge in [0.15, 0.2) is 0 Å². The molecule has 1 atom stereocenters. The predicted molar refractivity (Wildman–Crippen MR) is 98.6 cm³/mol. The van der Waals surface area contributed by atoms with Crippen LogP contribution in [-0.2, 0) is 9.53 Å². The maximum absolute atomic E-state index is 11.6. The molecule has 0 radical (unpaired) electrons. The summed E-state index contributed by atoms with van der Waals surface area (Å²) in [6.07, 6.45) is 16.3. The summed E-state index contributed by atoms with van der Waals surface area (Å²) in [6.45, 7) is 3.19. The van der Waals surface area contributed by atoms with Crippen molar-refractivity contribution >= 4 is 17.7 Å². The van der Waals surface area contributed by atoms with E-state index in [1.165, 1.54) is 64.9 Å². The number of carbonyl (C=O) groups is 1. The summed E-state index contributed by atoms with van der Waals surface area (Å²) in [4.78, 5) is 11.6. The highest BCUT2D eigenvalue weighted by atomic mass is 32.2. The van der Waals surface area contributed by atoms with Gasteiger partial charge in [-0.1, -0.05) is 64.7 Å². The number of methoxy groups -OCH3 is 1. The number of ether oxygens (including phenoxy) is 1. The number of esters is 1. The molecule has 0 heterocycles. The molecular weight excluding hydrogens is 294 g/mol. The van der Waals surface area contributed by atoms with E-state index in [0.717, 1.165) is 25.1 Å². The predicted octanol–water partition coefficient (Wildman–Crippen LogP) is 4.79. The van der Waals surface area contributed by atoms with Crippen LogP contribution in [0, 0.1) is 0 Å². The summed E-state index contributed by atoms with van der Waals surface area (Å²) in [5.74, 6) is 0.867. The number of hydrogen-bond donors (Lipinski definition) is 1. The minimum atomic E-state index is -0.129. The van der Waals surface area contributed by atoms with Gasteiger partial charge in [0.05, 0.1) is 7.11 Å². The van der Waals surface area contributed by atoms with E-state index in [0.29, 0.717) is 0 Å². The molecule has 22 heavy (non-hydrogen) atoms. The van der Waals surface area contributed by atoms with Gasteiger partial charge in [-0.2, -0.15) is 11.8 Å². The first-order chi connectivity index (χ1) is 10.8. The Morgan fingerprint density at radius 3 is 2.05 bits per heavy atom. The molecule has 0 saturated carbocycles. The quantitative estimate of drug-likeness (QED) is 0.326. The first kappa shape index (κ1) is 21.8. The number of rotatable bonds is 16. The SMILES string of the molecule is CCCCCCCCCCCCN[C@@H](CCSC)C(=O)OC. The molecule has 0 fully saturated rings. The van der Waals surface area contributed by atoms with E-state index in [4.69, 9.17) is 4.74 Å². The molecule has 0 amide bonds. The Morgan fingerprint density at radius 1 is 1.00 bits per heavy atom. The van der Waals surface area contributed by atoms with Crippen LogP contribution in [0.5, 0.6) is 0 Å². The van der Waals surface area contributed by atoms with Crippen molar-refractivity contribution < 1.29 is 9.53 Å². The van der Waals surface area contributed by atoms with Crippen LogP contribution in [0.25, 0.3) is 0 Å². The van der Waals surface area contributed by atoms with E-state index in [1.807, 2.05) is 0 Å². The van der Waals surface area contributed by atoms with Gasteiger partial charge < -0.3 is 10.1 Å². The third-order valence-electron chi connectivity index (χ3n) is 4.02. The second-order valence-electron chi connectivity index (χ2n) is 5.99. The van der Waals surface area contributed by atoms with Gasteiger partial charge in [0.1, 0.15) is 6.04 Å². The summed E-state index contributed by atoms with van der Waals surface area (Å²) >= 11 is 1.77. The fourth-order valence-corrected chi connectivity index (χ4v) is 3.04. The molecule has 0 spiro atoms. The standard InChI is InChI=1S/C18H37NO2S/c1-4-5-6-7-8-9-10-11-12-13-15-19-17(14-16-22-3)18(20)21-2/h17,19H,4-16H2,1-3H3/t17-/m0/s1. The molecule has 0 aliphatic rings. The van der Waals surface area contributed by atoms with Gasteiger partial charge in [0.25, 0.3) is 0 Å². The van der Waals surface area contributed by atoms with Gasteiger partial charge in [0.2, 0.25) is 0 Å². The van der Waals surface area contributed by atoms with Crippen molar-refractivity contribution in [2.24, 2.45) is 0 Å². The Hall–Kier alpha value is -0.220. The largest absolute Gasteiger partial charge is 0.468 e. The van der Waals surface area contributed by atoms with Gasteiger partial charge in [-0.05, 0) is 31.4 Å². The van der Waals surface area contributed by atoms with Crippen molar-refractivity contribution in [2.45, 2.75) is 83.6 Å². The molecule has 132 valence electrons. The zero-order valence-corrected chi connectivity index (χ0v) is 15.8. The molecule has 4 heteroatoms. The zero-order chi connectivity index (χ0) is 16.5. The van der Waals surface area contributed by atoms with E-state index in [1.54, 1.807) is 11.8 Å². The zero-order valence-electron chi connectivity index (χ0n) is 15.0. The number of unbranched alkanes of at least 4 members (excludes halogenated alkanes) is 9. The molecule has 0 aliphatic heterocycles. The highest BCUT2D eigenvalue weighted by molar-refractivity contribution is 7.98. The topological polar surface area (TPSA) is 38.3 Å². The Morgan fingerprint density at radius 2 is 1.55 bits per heavy atom. The van der Waals surface area contributed by atoms with Crippen molar-refractivity contribution in [3.05, 3.63) is 0 Å². The molecule has 1 N–H and O–H groups in total. The second kappa shape index (κ2) is 17.1. The minimum Gasteiger partial charge on any atom is -0.468 e. The summed E-state index contributed by atoms with van der Waals surface area (Å²) in [6, 6.07) is -0.129. The van der Waals surface area contributed by atoms with E-state index >= 15 is 0 Å². The van der Waals surface area contributed by atoms with Crippen molar-refractivity contribution in [1.29, 1.82) is 0 Å². The highest BCUT2D eigenvalue weighted by Crippen LogP contribution is 2.10. The number of nitrogens with one attached hydrogen (secondary N) is 1. The lowest BCUT2D eigenvalue weighted by Crippen LogP contribution is -2.38. The Kier molecular flexibility index (Phi) is 17.0. The van der Waals surface area contributed by atoms with Crippen LogP contribution in [0.4, 0.5) is 0 Å². The summed E-state index contributed by atoms with van der Waals surface area (Å²) in [5, 5.41) is 3.34. The molecule has 0 aromatic carbocycles. The van der Waals surface area contributed by atoms with Gasteiger partial charge in [-0.3, -0.25) is 4.79 Å². The van der Waals surface area contributed by atoms with Gasteiger partial charge in [-0.15, -0.1) is 0 Å². The molecule has 0 aromatic heterocycles. The van der Waals surface area contributed by atoms with Gasteiger partial charge >= 0.3 is 5.97 Å². The van der Waals surface area contributed by atoms with Crippen LogP contribution in [-0.4, -0.2) is 37.7 Å². The smallest absolute Gasteiger partial charge is 0.322 e. The molecule has 0 aromatic rings. The van der Waals surface area contributed by atoms with Gasteiger partial charge in [-0.25, -0.2) is 0 Å². The Balaban J connectivity index is 3.43. The molecule has 3 nitrogen and oxygen atoms in total. The second-order valence-corrected chi connectivity index (χ2v) is 6.98. The van der Waals surface area contributed by atoms with Crippen molar-refractivity contribution in [2.75, 3.05) is 25.7 Å². The third-order valence-corrected chi connectivity index (χ3v) is 4.66. The third kappa shape index (κ3) is 13.4. The Bertz CT molecular complexity index is 249. The maximum atomic E-state index is 11.6. The van der Waals surface area contributed by atoms with E-state index < -0.39 is 0 Å². The molecular formula is C18H37NO2S. The van der Waals surface area contributed by atoms with Crippen LogP contribution in [0.2, 0.25) is 0 Å². The van der Waals surface area contributed by atoms with E-state index in [2.05, 4.69) is 18.5 Å². The highest BCUT2D eigenvalue weighted by Gasteiger charge is 2.17. The summed E-state index contributed by atoms with van der Waals surface area (Å²) in [7, 11) is 1.47. The first-order valence-electron chi connectivity index (χ1n) is 9.06. The van der Waals surface area contributed by atoms with Crippen molar-refractivity contribution in [3.8, 4) is 0 Å². The molecule has 0 saturated heterocycles. The molecule has 0 bridgehead atoms. The van der Waals surface area contributed by atoms with Crippen molar-refractivity contribution in [3.63, 3.8) is 0 Å². The lowest BCUT2D eigenvalue weighted by Gasteiger charge is -2.15. The number of thioether (sulfide) groups is 1. The first-order valence-corrected chi connectivity index (χ1v) is 10.5. The lowest BCUT2D eigenvalue weighted by molar-refractivity contribution is -0.143. The van der Waals surface area contributed by atoms with Crippen LogP contribution < -0.4 is 5.32 Å². The molecule has 0 unspecified atom stereocenters. The summed E-state index contributed by atoms with van der Waals surface area (Å²) in [5.41, 5.74) is 0. The average Bonchev–Trinajstić information content (AvgIpc) is 2.54. The van der Waals surface area contributed by atoms with Crippen LogP contribution in [0.15, 0.2) is 0 Å². The van der Waals surface area contributed by atoms with Crippen LogP contribution >= 0.6 is 11.8 Å². The van der Waals surface area contributed by atoms with Crippen LogP contribution in [0.3, 0.4) is 0 Å². The Labute approximate surface area is 142 Å². The average molecular weight is 332 g/mol. The lowest BCUT2D eigenvalue weighted by atomic mass is 10.1. The van der Waals surface area contributed by atoms with E-state index in [9.17, 15) is 4.79 Å².